The first-order valence-corrected chi connectivity index (χ1v) is 8.45. The molecular weight excluding hydrogens is 316 g/mol. The molecule has 0 fully saturated rings. The number of esters is 1. The monoisotopic (exact) mass is 342 g/mol. The highest BCUT2D eigenvalue weighted by atomic mass is 16.5. The van der Waals surface area contributed by atoms with Gasteiger partial charge < -0.3 is 15.0 Å². The summed E-state index contributed by atoms with van der Waals surface area (Å²) in [6.45, 7) is 7.96. The summed E-state index contributed by atoms with van der Waals surface area (Å²) in [6, 6.07) is 10.2. The Morgan fingerprint density at radius 1 is 1.16 bits per heavy atom. The first-order valence-electron chi connectivity index (χ1n) is 8.45. The first-order chi connectivity index (χ1) is 11.9. The van der Waals surface area contributed by atoms with Gasteiger partial charge in [0.05, 0.1) is 24.9 Å². The van der Waals surface area contributed by atoms with Crippen molar-refractivity contribution in [1.29, 1.82) is 0 Å². The number of carbonyl (C=O) groups excluding carboxylic acids is 2. The number of carbonyl (C=O) groups is 2. The van der Waals surface area contributed by atoms with E-state index in [0.717, 1.165) is 5.56 Å². The molecule has 2 aromatic rings. The largest absolute Gasteiger partial charge is 0.465 e. The van der Waals surface area contributed by atoms with E-state index in [4.69, 9.17) is 4.74 Å². The number of aryl methyl sites for hydroxylation is 1. The van der Waals surface area contributed by atoms with Gasteiger partial charge in [0, 0.05) is 11.7 Å². The third kappa shape index (κ3) is 4.17. The zero-order valence-electron chi connectivity index (χ0n) is 15.5. The van der Waals surface area contributed by atoms with Gasteiger partial charge in [-0.3, -0.25) is 4.79 Å². The molecule has 1 aromatic carbocycles. The maximum Gasteiger partial charge on any atom is 0.339 e. The summed E-state index contributed by atoms with van der Waals surface area (Å²) < 4.78 is 4.79. The van der Waals surface area contributed by atoms with Crippen molar-refractivity contribution in [1.82, 2.24) is 10.3 Å². The van der Waals surface area contributed by atoms with Crippen LogP contribution in [0.3, 0.4) is 0 Å². The van der Waals surface area contributed by atoms with Gasteiger partial charge in [0.2, 0.25) is 0 Å². The molecule has 1 heterocycles. The standard InChI is InChI=1S/C20H26N2O3/c1-12(2)18(15-9-7-6-8-10-15)21-11-16(23)19-13(3)17(14(4)22-19)20(24)25-5/h6-10,12,18,21-22H,11H2,1-5H3/t18-/m1/s1. The summed E-state index contributed by atoms with van der Waals surface area (Å²) in [5, 5.41) is 3.35. The Labute approximate surface area is 148 Å². The number of nitrogens with one attached hydrogen (secondary N) is 2. The van der Waals surface area contributed by atoms with Crippen molar-refractivity contribution < 1.29 is 14.3 Å². The van der Waals surface area contributed by atoms with Crippen molar-refractivity contribution in [3.63, 3.8) is 0 Å². The topological polar surface area (TPSA) is 71.2 Å². The average Bonchev–Trinajstić information content (AvgIpc) is 2.89. The lowest BCUT2D eigenvalue weighted by molar-refractivity contribution is 0.0599. The van der Waals surface area contributed by atoms with Crippen LogP contribution >= 0.6 is 0 Å². The molecule has 1 atom stereocenters. The third-order valence-corrected chi connectivity index (χ3v) is 4.41. The number of hydrogen-bond acceptors (Lipinski definition) is 4. The number of hydrogen-bond donors (Lipinski definition) is 2. The summed E-state index contributed by atoms with van der Waals surface area (Å²) in [6.07, 6.45) is 0. The molecule has 0 aliphatic rings. The van der Waals surface area contributed by atoms with Crippen molar-refractivity contribution in [3.05, 3.63) is 58.4 Å². The van der Waals surface area contributed by atoms with Gasteiger partial charge in [0.15, 0.2) is 5.78 Å². The number of Topliss-reactive ketones (excluding diaryl/α,β-unsaturated/α-hetero) is 1. The van der Waals surface area contributed by atoms with E-state index in [-0.39, 0.29) is 18.4 Å². The van der Waals surface area contributed by atoms with Crippen molar-refractivity contribution in [2.45, 2.75) is 33.7 Å². The van der Waals surface area contributed by atoms with Gasteiger partial charge in [0.1, 0.15) is 0 Å². The summed E-state index contributed by atoms with van der Waals surface area (Å²) in [7, 11) is 1.34. The number of aromatic nitrogens is 1. The minimum absolute atomic E-state index is 0.0719. The molecule has 25 heavy (non-hydrogen) atoms. The quantitative estimate of drug-likeness (QED) is 0.596. The second-order valence-electron chi connectivity index (χ2n) is 6.55. The molecule has 1 aromatic heterocycles. The van der Waals surface area contributed by atoms with E-state index in [1.165, 1.54) is 7.11 Å². The van der Waals surface area contributed by atoms with E-state index >= 15 is 0 Å². The van der Waals surface area contributed by atoms with Crippen molar-refractivity contribution in [2.24, 2.45) is 5.92 Å². The lowest BCUT2D eigenvalue weighted by atomic mass is 9.96. The van der Waals surface area contributed by atoms with E-state index in [0.29, 0.717) is 28.4 Å². The van der Waals surface area contributed by atoms with Crippen LogP contribution in [0.2, 0.25) is 0 Å². The lowest BCUT2D eigenvalue weighted by Crippen LogP contribution is -2.31. The van der Waals surface area contributed by atoms with Crippen molar-refractivity contribution >= 4 is 11.8 Å². The number of rotatable bonds is 7. The molecule has 2 rings (SSSR count). The maximum absolute atomic E-state index is 12.7. The van der Waals surface area contributed by atoms with E-state index < -0.39 is 5.97 Å². The Morgan fingerprint density at radius 2 is 1.80 bits per heavy atom. The van der Waals surface area contributed by atoms with Gasteiger partial charge in [-0.2, -0.15) is 0 Å². The summed E-state index contributed by atoms with van der Waals surface area (Å²) >= 11 is 0. The van der Waals surface area contributed by atoms with Crippen LogP contribution in [0, 0.1) is 19.8 Å². The number of methoxy groups -OCH3 is 1. The van der Waals surface area contributed by atoms with E-state index in [1.807, 2.05) is 18.2 Å². The summed E-state index contributed by atoms with van der Waals surface area (Å²) in [5.41, 5.74) is 3.34. The predicted octanol–water partition coefficient (Wildman–Crippen LogP) is 3.59. The Hall–Kier alpha value is -2.40. The van der Waals surface area contributed by atoms with Crippen LogP contribution in [0.1, 0.15) is 57.6 Å². The lowest BCUT2D eigenvalue weighted by Gasteiger charge is -2.22. The number of ether oxygens (including phenoxy) is 1. The van der Waals surface area contributed by atoms with Crippen LogP contribution in [0.25, 0.3) is 0 Å². The molecule has 0 radical (unpaired) electrons. The molecule has 5 nitrogen and oxygen atoms in total. The van der Waals surface area contributed by atoms with E-state index in [2.05, 4.69) is 36.3 Å². The second-order valence-corrected chi connectivity index (χ2v) is 6.55. The third-order valence-electron chi connectivity index (χ3n) is 4.41. The van der Waals surface area contributed by atoms with Gasteiger partial charge in [-0.25, -0.2) is 4.79 Å². The van der Waals surface area contributed by atoms with Crippen molar-refractivity contribution in [2.75, 3.05) is 13.7 Å². The molecule has 0 aliphatic heterocycles. The Morgan fingerprint density at radius 3 is 2.36 bits per heavy atom. The van der Waals surface area contributed by atoms with Gasteiger partial charge in [-0.15, -0.1) is 0 Å². The smallest absolute Gasteiger partial charge is 0.339 e. The fraction of sp³-hybridized carbons (Fsp3) is 0.400. The van der Waals surface area contributed by atoms with Crippen LogP contribution in [0.15, 0.2) is 30.3 Å². The molecule has 0 unspecified atom stereocenters. The Kier molecular flexibility index (Phi) is 6.15. The molecule has 0 aliphatic carbocycles. The van der Waals surface area contributed by atoms with Crippen molar-refractivity contribution in [3.8, 4) is 0 Å². The zero-order chi connectivity index (χ0) is 18.6. The van der Waals surface area contributed by atoms with Gasteiger partial charge in [0.25, 0.3) is 0 Å². The Balaban J connectivity index is 2.16. The number of benzene rings is 1. The minimum atomic E-state index is -0.428. The zero-order valence-corrected chi connectivity index (χ0v) is 15.5. The number of H-pyrrole nitrogens is 1. The van der Waals surface area contributed by atoms with Crippen LogP contribution in [0.5, 0.6) is 0 Å². The fourth-order valence-electron chi connectivity index (χ4n) is 3.13. The van der Waals surface area contributed by atoms with Gasteiger partial charge in [-0.05, 0) is 30.9 Å². The van der Waals surface area contributed by atoms with Crippen LogP contribution < -0.4 is 5.32 Å². The average molecular weight is 342 g/mol. The minimum Gasteiger partial charge on any atom is -0.465 e. The Bertz CT molecular complexity index is 748. The molecule has 0 saturated heterocycles. The first kappa shape index (κ1) is 18.9. The highest BCUT2D eigenvalue weighted by Crippen LogP contribution is 2.22. The second kappa shape index (κ2) is 8.12. The summed E-state index contributed by atoms with van der Waals surface area (Å²) in [5.74, 6) is -0.160. The van der Waals surface area contributed by atoms with Gasteiger partial charge >= 0.3 is 5.97 Å². The van der Waals surface area contributed by atoms with Gasteiger partial charge in [-0.1, -0.05) is 44.2 Å². The SMILES string of the molecule is COC(=O)c1c(C)[nH]c(C(=O)CN[C@@H](c2ccccc2)C(C)C)c1C. The molecule has 2 N–H and O–H groups in total. The van der Waals surface area contributed by atoms with E-state index in [1.54, 1.807) is 13.8 Å². The highest BCUT2D eigenvalue weighted by molar-refractivity contribution is 6.02. The van der Waals surface area contributed by atoms with Crippen LogP contribution in [-0.4, -0.2) is 30.4 Å². The summed E-state index contributed by atoms with van der Waals surface area (Å²) in [4.78, 5) is 27.5. The van der Waals surface area contributed by atoms with Crippen LogP contribution in [-0.2, 0) is 4.74 Å². The predicted molar refractivity (Wildman–Crippen MR) is 98.0 cm³/mol. The maximum atomic E-state index is 12.7. The molecule has 0 saturated carbocycles. The van der Waals surface area contributed by atoms with E-state index in [9.17, 15) is 9.59 Å². The molecular formula is C20H26N2O3. The fourth-order valence-corrected chi connectivity index (χ4v) is 3.13. The highest BCUT2D eigenvalue weighted by Gasteiger charge is 2.23. The number of aromatic amines is 1. The normalized spacial score (nSPS) is 12.2. The molecule has 0 bridgehead atoms. The number of ketones is 1. The van der Waals surface area contributed by atoms with Crippen LogP contribution in [0.4, 0.5) is 0 Å². The molecule has 5 heteroatoms. The molecule has 134 valence electrons. The molecule has 0 amide bonds. The molecule has 0 spiro atoms.